The quantitative estimate of drug-likeness (QED) is 0.406. The number of unbranched alkanes of at least 4 members (excludes halogenated alkanes) is 1. The van der Waals surface area contributed by atoms with Crippen LogP contribution in [0, 0.1) is 6.92 Å². The largest absolute Gasteiger partial charge is 0.496 e. The highest BCUT2D eigenvalue weighted by Crippen LogP contribution is 2.33. The summed E-state index contributed by atoms with van der Waals surface area (Å²) >= 11 is 1.41. The van der Waals surface area contributed by atoms with Crippen LogP contribution in [-0.4, -0.2) is 58.3 Å². The highest BCUT2D eigenvalue weighted by atomic mass is 32.1. The number of ether oxygens (including phenoxy) is 1. The van der Waals surface area contributed by atoms with Crippen molar-refractivity contribution in [2.75, 3.05) is 25.1 Å². The smallest absolute Gasteiger partial charge is 0.320 e. The fourth-order valence-corrected chi connectivity index (χ4v) is 5.37. The molecule has 4 rings (SSSR count). The number of rotatable bonds is 11. The normalized spacial score (nSPS) is 15.4. The number of carbonyl (C=O) groups is 2. The summed E-state index contributed by atoms with van der Waals surface area (Å²) in [6.07, 6.45) is 2.76. The fraction of sp³-hybridized carbons (Fsp3) is 0.407. The molecule has 0 radical (unpaired) electrons. The Balaban J connectivity index is 1.51. The van der Waals surface area contributed by atoms with Crippen LogP contribution in [0.25, 0.3) is 10.6 Å². The van der Waals surface area contributed by atoms with Crippen molar-refractivity contribution in [1.82, 2.24) is 15.1 Å². The molecule has 1 atom stereocenters. The number of hydrogen-bond acceptors (Lipinski definition) is 7. The first-order valence-electron chi connectivity index (χ1n) is 12.2. The summed E-state index contributed by atoms with van der Waals surface area (Å²) in [6, 6.07) is 13.3. The Bertz CT molecular complexity index is 1230. The number of hydrogen-bond donors (Lipinski definition) is 1. The summed E-state index contributed by atoms with van der Waals surface area (Å²) in [5.41, 5.74) is 3.93. The summed E-state index contributed by atoms with van der Waals surface area (Å²) < 4.78 is 5.42. The molecule has 1 unspecified atom stereocenters. The molecule has 3 aromatic rings. The van der Waals surface area contributed by atoms with Crippen molar-refractivity contribution in [3.05, 3.63) is 59.2 Å². The minimum absolute atomic E-state index is 0.0368. The van der Waals surface area contributed by atoms with E-state index >= 15 is 0 Å². The molecule has 0 bridgehead atoms. The third-order valence-corrected chi connectivity index (χ3v) is 7.52. The molecule has 1 aliphatic heterocycles. The zero-order chi connectivity index (χ0) is 25.7. The molecule has 1 aliphatic rings. The van der Waals surface area contributed by atoms with E-state index in [-0.39, 0.29) is 12.3 Å². The van der Waals surface area contributed by atoms with E-state index in [1.165, 1.54) is 11.3 Å². The molecule has 1 fully saturated rings. The van der Waals surface area contributed by atoms with Gasteiger partial charge in [0.25, 0.3) is 0 Å². The Kier molecular flexibility index (Phi) is 8.32. The SMILES string of the molecule is CCCCN(C(=O)Cc1ccccc1OC)c1nnc(-c2ccc(CN3CCC3C(=O)O)cc2C)s1. The lowest BCUT2D eigenvalue weighted by molar-refractivity contribution is -0.148. The summed E-state index contributed by atoms with van der Waals surface area (Å²) in [7, 11) is 1.61. The van der Waals surface area contributed by atoms with E-state index in [0.29, 0.717) is 30.4 Å². The second-order valence-electron chi connectivity index (χ2n) is 9.04. The number of aryl methyl sites for hydroxylation is 1. The Morgan fingerprint density at radius 2 is 2.03 bits per heavy atom. The Morgan fingerprint density at radius 1 is 1.22 bits per heavy atom. The van der Waals surface area contributed by atoms with Crippen molar-refractivity contribution in [3.63, 3.8) is 0 Å². The maximum atomic E-state index is 13.3. The number of carbonyl (C=O) groups excluding carboxylic acids is 1. The first kappa shape index (κ1) is 25.8. The maximum absolute atomic E-state index is 13.3. The topological polar surface area (TPSA) is 95.9 Å². The van der Waals surface area contributed by atoms with Crippen molar-refractivity contribution in [2.45, 2.75) is 52.1 Å². The molecule has 9 heteroatoms. The van der Waals surface area contributed by atoms with Crippen molar-refractivity contribution in [1.29, 1.82) is 0 Å². The summed E-state index contributed by atoms with van der Waals surface area (Å²) in [4.78, 5) is 28.3. The molecule has 1 saturated heterocycles. The fourth-order valence-electron chi connectivity index (χ4n) is 4.39. The van der Waals surface area contributed by atoms with Gasteiger partial charge in [-0.05, 0) is 37.0 Å². The standard InChI is InChI=1S/C27H32N4O4S/c1-4-5-13-31(24(32)16-20-8-6-7-9-23(20)35-3)27-29-28-25(36-27)21-11-10-19(15-18(21)2)17-30-14-12-22(30)26(33)34/h6-11,15,22H,4-5,12-14,16-17H2,1-3H3,(H,33,34). The molecule has 1 aromatic heterocycles. The van der Waals surface area contributed by atoms with Gasteiger partial charge in [-0.2, -0.15) is 0 Å². The average Bonchev–Trinajstić information content (AvgIpc) is 3.31. The second-order valence-corrected chi connectivity index (χ2v) is 10.00. The van der Waals surface area contributed by atoms with Crippen LogP contribution >= 0.6 is 11.3 Å². The predicted octanol–water partition coefficient (Wildman–Crippen LogP) is 4.56. The van der Waals surface area contributed by atoms with Crippen LogP contribution in [0.2, 0.25) is 0 Å². The highest BCUT2D eigenvalue weighted by molar-refractivity contribution is 7.18. The Morgan fingerprint density at radius 3 is 2.69 bits per heavy atom. The molecule has 0 saturated carbocycles. The van der Waals surface area contributed by atoms with E-state index in [0.717, 1.165) is 46.6 Å². The summed E-state index contributed by atoms with van der Waals surface area (Å²) in [5.74, 6) is -0.100. The number of carboxylic acids is 1. The van der Waals surface area contributed by atoms with Crippen LogP contribution in [0.5, 0.6) is 5.75 Å². The summed E-state index contributed by atoms with van der Waals surface area (Å²) in [5, 5.41) is 19.4. The number of amides is 1. The van der Waals surface area contributed by atoms with E-state index in [4.69, 9.17) is 4.74 Å². The molecule has 1 N–H and O–H groups in total. The van der Waals surface area contributed by atoms with Gasteiger partial charge in [0.15, 0.2) is 0 Å². The van der Waals surface area contributed by atoms with E-state index in [9.17, 15) is 14.7 Å². The Hall–Kier alpha value is -3.30. The van der Waals surface area contributed by atoms with Crippen LogP contribution in [0.15, 0.2) is 42.5 Å². The zero-order valence-electron chi connectivity index (χ0n) is 20.9. The molecule has 1 amide bonds. The molecule has 36 heavy (non-hydrogen) atoms. The van der Waals surface area contributed by atoms with Crippen LogP contribution < -0.4 is 9.64 Å². The zero-order valence-corrected chi connectivity index (χ0v) is 21.8. The van der Waals surface area contributed by atoms with Crippen LogP contribution in [-0.2, 0) is 22.6 Å². The van der Waals surface area contributed by atoms with E-state index < -0.39 is 12.0 Å². The molecule has 190 valence electrons. The van der Waals surface area contributed by atoms with Gasteiger partial charge in [0.1, 0.15) is 16.8 Å². The van der Waals surface area contributed by atoms with Crippen molar-refractivity contribution >= 4 is 28.3 Å². The number of para-hydroxylation sites is 1. The van der Waals surface area contributed by atoms with Crippen molar-refractivity contribution < 1.29 is 19.4 Å². The number of carboxylic acid groups (broad SMARTS) is 1. The predicted molar refractivity (Wildman–Crippen MR) is 140 cm³/mol. The van der Waals surface area contributed by atoms with E-state index in [2.05, 4.69) is 23.2 Å². The first-order chi connectivity index (χ1) is 17.4. The second kappa shape index (κ2) is 11.6. The lowest BCUT2D eigenvalue weighted by atomic mass is 10.00. The molecular formula is C27H32N4O4S. The molecule has 2 heterocycles. The number of nitrogens with zero attached hydrogens (tertiary/aromatic N) is 4. The van der Waals surface area contributed by atoms with Gasteiger partial charge in [-0.1, -0.05) is 61.1 Å². The Labute approximate surface area is 215 Å². The van der Waals surface area contributed by atoms with Crippen LogP contribution in [0.4, 0.5) is 5.13 Å². The molecule has 0 spiro atoms. The first-order valence-corrected chi connectivity index (χ1v) is 13.1. The van der Waals surface area contributed by atoms with Gasteiger partial charge >= 0.3 is 5.97 Å². The number of aliphatic carboxylic acids is 1. The molecular weight excluding hydrogens is 476 g/mol. The minimum atomic E-state index is -0.760. The summed E-state index contributed by atoms with van der Waals surface area (Å²) in [6.45, 7) is 6.11. The third kappa shape index (κ3) is 5.74. The van der Waals surface area contributed by atoms with Crippen molar-refractivity contribution in [3.8, 4) is 16.3 Å². The minimum Gasteiger partial charge on any atom is -0.496 e. The highest BCUT2D eigenvalue weighted by Gasteiger charge is 2.33. The third-order valence-electron chi connectivity index (χ3n) is 6.54. The van der Waals surface area contributed by atoms with E-state index in [1.807, 2.05) is 48.2 Å². The van der Waals surface area contributed by atoms with Crippen LogP contribution in [0.3, 0.4) is 0 Å². The van der Waals surface area contributed by atoms with Gasteiger partial charge < -0.3 is 9.84 Å². The van der Waals surface area contributed by atoms with Gasteiger partial charge in [-0.15, -0.1) is 10.2 Å². The van der Waals surface area contributed by atoms with Gasteiger partial charge in [0.2, 0.25) is 11.0 Å². The lowest BCUT2D eigenvalue weighted by Crippen LogP contribution is -2.51. The van der Waals surface area contributed by atoms with Gasteiger partial charge in [0, 0.05) is 30.8 Å². The average molecular weight is 509 g/mol. The molecule has 0 aliphatic carbocycles. The number of anilines is 1. The van der Waals surface area contributed by atoms with Crippen molar-refractivity contribution in [2.24, 2.45) is 0 Å². The number of methoxy groups -OCH3 is 1. The maximum Gasteiger partial charge on any atom is 0.320 e. The number of benzene rings is 2. The van der Waals surface area contributed by atoms with Gasteiger partial charge in [-0.25, -0.2) is 0 Å². The van der Waals surface area contributed by atoms with E-state index in [1.54, 1.807) is 12.0 Å². The van der Waals surface area contributed by atoms with Gasteiger partial charge in [-0.3, -0.25) is 19.4 Å². The van der Waals surface area contributed by atoms with Crippen LogP contribution in [0.1, 0.15) is 42.9 Å². The lowest BCUT2D eigenvalue weighted by Gasteiger charge is -2.38. The monoisotopic (exact) mass is 508 g/mol. The molecule has 8 nitrogen and oxygen atoms in total. The van der Waals surface area contributed by atoms with Gasteiger partial charge in [0.05, 0.1) is 13.5 Å². The number of likely N-dealkylation sites (tertiary alicyclic amines) is 1. The molecule has 2 aromatic carbocycles. The number of aromatic nitrogens is 2.